The first-order valence-electron chi connectivity index (χ1n) is 4.92. The summed E-state index contributed by atoms with van der Waals surface area (Å²) in [4.78, 5) is 5.50. The lowest BCUT2D eigenvalue weighted by molar-refractivity contribution is 0.0818. The second-order valence-electron chi connectivity index (χ2n) is 2.94. The molecule has 0 aromatic carbocycles. The zero-order valence-corrected chi connectivity index (χ0v) is 12.6. The molecule has 0 radical (unpaired) electrons. The lowest BCUT2D eigenvalue weighted by atomic mass is 10.3. The van der Waals surface area contributed by atoms with Gasteiger partial charge in [0.2, 0.25) is 0 Å². The molecule has 0 unspecified atom stereocenters. The molecule has 1 aliphatic rings. The quantitative estimate of drug-likeness (QED) is 0.837. The van der Waals surface area contributed by atoms with Crippen LogP contribution in [-0.4, -0.2) is 15.5 Å². The fourth-order valence-electron chi connectivity index (χ4n) is 1.24. The number of aromatic nitrogens is 1. The van der Waals surface area contributed by atoms with Gasteiger partial charge in [-0.2, -0.15) is 0 Å². The predicted octanol–water partition coefficient (Wildman–Crippen LogP) is 3.44. The van der Waals surface area contributed by atoms with Crippen molar-refractivity contribution in [3.8, 4) is 0 Å². The maximum absolute atomic E-state index is 6.97. The van der Waals surface area contributed by atoms with Gasteiger partial charge in [-0.25, -0.2) is 4.98 Å². The molecule has 2 rings (SSSR count). The molecule has 1 fully saturated rings. The van der Waals surface area contributed by atoms with Crippen LogP contribution in [0.5, 0.6) is 0 Å². The van der Waals surface area contributed by atoms with Gasteiger partial charge in [0.05, 0.1) is 9.88 Å². The van der Waals surface area contributed by atoms with Crippen molar-refractivity contribution in [1.82, 2.24) is 4.98 Å². The summed E-state index contributed by atoms with van der Waals surface area (Å²) in [6, 6.07) is 0. The van der Waals surface area contributed by atoms with Crippen molar-refractivity contribution in [3.63, 3.8) is 0 Å². The van der Waals surface area contributed by atoms with Crippen LogP contribution in [0.1, 0.15) is 36.6 Å². The SMILES string of the molecule is CC.COC1(c2cnc(C)s2)CC1.OI. The molecule has 1 N–H and O–H groups in total. The van der Waals surface area contributed by atoms with Gasteiger partial charge < -0.3 is 8.17 Å². The largest absolute Gasteiger partial charge is 0.373 e. The van der Waals surface area contributed by atoms with Gasteiger partial charge in [-0.05, 0) is 19.8 Å². The average molecular weight is 343 g/mol. The molecule has 1 aromatic rings. The topological polar surface area (TPSA) is 42.4 Å². The van der Waals surface area contributed by atoms with Crippen LogP contribution in [0.25, 0.3) is 0 Å². The van der Waals surface area contributed by atoms with Gasteiger partial charge in [-0.3, -0.25) is 0 Å². The Morgan fingerprint density at radius 3 is 2.27 bits per heavy atom. The standard InChI is InChI=1S/C8H11NOS.C2H6.HIO/c1-6-9-5-7(11-6)8(10-2)3-4-8;2*1-2/h5H,3-4H2,1-2H3;1-2H3;2H. The molecule has 1 aromatic heterocycles. The summed E-state index contributed by atoms with van der Waals surface area (Å²) in [5, 5.41) is 1.13. The summed E-state index contributed by atoms with van der Waals surface area (Å²) in [6.07, 6.45) is 4.26. The van der Waals surface area contributed by atoms with Crippen LogP contribution >= 0.6 is 34.3 Å². The molecule has 0 bridgehead atoms. The van der Waals surface area contributed by atoms with Gasteiger partial charge in [0.1, 0.15) is 28.6 Å². The maximum atomic E-state index is 6.97. The highest BCUT2D eigenvalue weighted by atomic mass is 127. The number of nitrogens with zero attached hydrogens (tertiary/aromatic N) is 1. The third kappa shape index (κ3) is 3.97. The van der Waals surface area contributed by atoms with Crippen molar-refractivity contribution in [2.24, 2.45) is 0 Å². The highest BCUT2D eigenvalue weighted by molar-refractivity contribution is 14.1. The first kappa shape index (κ1) is 15.3. The minimum absolute atomic E-state index is 0.0614. The van der Waals surface area contributed by atoms with E-state index in [1.165, 1.54) is 4.88 Å². The lowest BCUT2D eigenvalue weighted by Gasteiger charge is -2.08. The molecule has 0 saturated heterocycles. The third-order valence-electron chi connectivity index (χ3n) is 2.17. The van der Waals surface area contributed by atoms with Crippen molar-refractivity contribution in [3.05, 3.63) is 16.1 Å². The number of thiazole rings is 1. The highest BCUT2D eigenvalue weighted by Crippen LogP contribution is 2.50. The Hall–Kier alpha value is 0.280. The van der Waals surface area contributed by atoms with E-state index in [9.17, 15) is 0 Å². The first-order valence-corrected chi connectivity index (χ1v) is 6.70. The van der Waals surface area contributed by atoms with E-state index in [1.807, 2.05) is 27.0 Å². The van der Waals surface area contributed by atoms with Crippen molar-refractivity contribution in [2.45, 2.75) is 39.2 Å². The van der Waals surface area contributed by atoms with Crippen molar-refractivity contribution in [2.75, 3.05) is 7.11 Å². The molecule has 5 heteroatoms. The Kier molecular flexibility index (Phi) is 7.68. The number of aryl methyl sites for hydroxylation is 1. The molecule has 0 amide bonds. The van der Waals surface area contributed by atoms with Crippen LogP contribution < -0.4 is 0 Å². The van der Waals surface area contributed by atoms with E-state index < -0.39 is 0 Å². The third-order valence-corrected chi connectivity index (χ3v) is 3.26. The van der Waals surface area contributed by atoms with Crippen LogP contribution in [0.3, 0.4) is 0 Å². The van der Waals surface area contributed by atoms with Gasteiger partial charge in [-0.1, -0.05) is 13.8 Å². The Morgan fingerprint density at radius 1 is 1.47 bits per heavy atom. The molecule has 0 spiro atoms. The lowest BCUT2D eigenvalue weighted by Crippen LogP contribution is -2.05. The van der Waals surface area contributed by atoms with Crippen LogP contribution in [0.4, 0.5) is 0 Å². The summed E-state index contributed by atoms with van der Waals surface area (Å²) in [5.74, 6) is 0. The summed E-state index contributed by atoms with van der Waals surface area (Å²) in [6.45, 7) is 6.03. The number of rotatable bonds is 2. The van der Waals surface area contributed by atoms with Gasteiger partial charge >= 0.3 is 0 Å². The molecule has 15 heavy (non-hydrogen) atoms. The zero-order valence-electron chi connectivity index (χ0n) is 9.58. The second kappa shape index (κ2) is 7.54. The number of hydrogen-bond donors (Lipinski definition) is 1. The molecular formula is C10H18INO2S. The van der Waals surface area contributed by atoms with Crippen molar-refractivity contribution >= 4 is 34.3 Å². The smallest absolute Gasteiger partial charge is 0.106 e. The van der Waals surface area contributed by atoms with E-state index in [4.69, 9.17) is 8.17 Å². The number of ether oxygens (including phenoxy) is 1. The van der Waals surface area contributed by atoms with E-state index >= 15 is 0 Å². The number of hydrogen-bond acceptors (Lipinski definition) is 4. The summed E-state index contributed by atoms with van der Waals surface area (Å²) in [7, 11) is 1.78. The van der Waals surface area contributed by atoms with Gasteiger partial charge in [-0.15, -0.1) is 11.3 Å². The van der Waals surface area contributed by atoms with Crippen LogP contribution in [0.15, 0.2) is 6.20 Å². The van der Waals surface area contributed by atoms with E-state index in [2.05, 4.69) is 4.98 Å². The van der Waals surface area contributed by atoms with E-state index in [-0.39, 0.29) is 5.60 Å². The number of methoxy groups -OCH3 is 1. The van der Waals surface area contributed by atoms with Crippen molar-refractivity contribution in [1.29, 1.82) is 0 Å². The normalized spacial score (nSPS) is 15.6. The van der Waals surface area contributed by atoms with Crippen LogP contribution in [0, 0.1) is 6.92 Å². The molecule has 1 aliphatic carbocycles. The minimum atomic E-state index is 0.0614. The van der Waals surface area contributed by atoms with Crippen LogP contribution in [0.2, 0.25) is 0 Å². The van der Waals surface area contributed by atoms with E-state index in [1.54, 1.807) is 18.4 Å². The van der Waals surface area contributed by atoms with Gasteiger partial charge in [0.25, 0.3) is 0 Å². The minimum Gasteiger partial charge on any atom is -0.373 e. The summed E-state index contributed by atoms with van der Waals surface area (Å²) < 4.78 is 12.4. The Bertz CT molecular complexity index is 274. The average Bonchev–Trinajstić information content (AvgIpc) is 3.01. The van der Waals surface area contributed by atoms with E-state index in [0.717, 1.165) is 40.9 Å². The summed E-state index contributed by atoms with van der Waals surface area (Å²) in [5.41, 5.74) is 0.0614. The van der Waals surface area contributed by atoms with Gasteiger partial charge in [0.15, 0.2) is 0 Å². The molecule has 0 atom stereocenters. The van der Waals surface area contributed by atoms with Gasteiger partial charge in [0, 0.05) is 13.3 Å². The fourth-order valence-corrected chi connectivity index (χ4v) is 2.24. The molecular weight excluding hydrogens is 325 g/mol. The predicted molar refractivity (Wildman–Crippen MR) is 72.4 cm³/mol. The van der Waals surface area contributed by atoms with E-state index in [0.29, 0.717) is 0 Å². The fraction of sp³-hybridized carbons (Fsp3) is 0.700. The monoisotopic (exact) mass is 343 g/mol. The molecule has 3 nitrogen and oxygen atoms in total. The summed E-state index contributed by atoms with van der Waals surface area (Å²) >= 11 is 2.90. The molecule has 0 aliphatic heterocycles. The molecule has 1 heterocycles. The maximum Gasteiger partial charge on any atom is 0.106 e. The molecule has 1 saturated carbocycles. The van der Waals surface area contributed by atoms with Crippen molar-refractivity contribution < 1.29 is 8.17 Å². The number of halogens is 1. The Morgan fingerprint density at radius 2 is 2.00 bits per heavy atom. The Labute approximate surface area is 110 Å². The van der Waals surface area contributed by atoms with Crippen LogP contribution in [-0.2, 0) is 10.3 Å². The zero-order chi connectivity index (χ0) is 11.9. The second-order valence-corrected chi connectivity index (χ2v) is 4.18. The first-order chi connectivity index (χ1) is 7.27. The Balaban J connectivity index is 0.000000442. The highest BCUT2D eigenvalue weighted by Gasteiger charge is 2.46. The molecule has 88 valence electrons.